The molecule has 0 saturated carbocycles. The highest BCUT2D eigenvalue weighted by atomic mass is 32.2. The molecule has 148 valence electrons. The van der Waals surface area contributed by atoms with Gasteiger partial charge in [-0.1, -0.05) is 6.07 Å². The molecule has 4 aromatic rings. The third kappa shape index (κ3) is 4.02. The molecule has 0 bridgehead atoms. The normalized spacial score (nSPS) is 11.6. The van der Waals surface area contributed by atoms with Gasteiger partial charge in [0.2, 0.25) is 5.95 Å². The Morgan fingerprint density at radius 1 is 1.10 bits per heavy atom. The van der Waals surface area contributed by atoms with Crippen molar-refractivity contribution in [2.45, 2.75) is 11.8 Å². The molecule has 3 N–H and O–H groups in total. The summed E-state index contributed by atoms with van der Waals surface area (Å²) in [5, 5.41) is 13.4. The highest BCUT2D eigenvalue weighted by Gasteiger charge is 2.12. The molecule has 0 aliphatic rings. The van der Waals surface area contributed by atoms with Gasteiger partial charge in [0.1, 0.15) is 17.2 Å². The van der Waals surface area contributed by atoms with E-state index < -0.39 is 15.7 Å². The molecule has 10 heteroatoms. The van der Waals surface area contributed by atoms with Crippen LogP contribution in [-0.2, 0) is 9.84 Å². The molecular formula is C19H17FN6O2S. The Hall–Kier alpha value is -3.53. The Kier molecular flexibility index (Phi) is 4.63. The molecule has 0 unspecified atom stereocenters. The van der Waals surface area contributed by atoms with Crippen molar-refractivity contribution in [1.29, 1.82) is 0 Å². The van der Waals surface area contributed by atoms with Crippen molar-refractivity contribution in [3.05, 3.63) is 60.0 Å². The van der Waals surface area contributed by atoms with Crippen LogP contribution in [0.3, 0.4) is 0 Å². The first-order valence-corrected chi connectivity index (χ1v) is 10.5. The molecule has 2 aromatic carbocycles. The van der Waals surface area contributed by atoms with E-state index >= 15 is 0 Å². The molecule has 0 saturated heterocycles. The number of hydrogen-bond acceptors (Lipinski definition) is 7. The second-order valence-electron chi connectivity index (χ2n) is 6.56. The molecule has 0 spiro atoms. The summed E-state index contributed by atoms with van der Waals surface area (Å²) in [7, 11) is -3.34. The van der Waals surface area contributed by atoms with Gasteiger partial charge in [0.05, 0.1) is 4.90 Å². The van der Waals surface area contributed by atoms with Gasteiger partial charge in [0.15, 0.2) is 15.7 Å². The number of benzene rings is 2. The van der Waals surface area contributed by atoms with Crippen LogP contribution >= 0.6 is 0 Å². The van der Waals surface area contributed by atoms with Crippen molar-refractivity contribution in [3.63, 3.8) is 0 Å². The fourth-order valence-corrected chi connectivity index (χ4v) is 3.62. The maximum Gasteiger partial charge on any atom is 0.229 e. The van der Waals surface area contributed by atoms with Crippen LogP contribution in [0.5, 0.6) is 0 Å². The Bertz CT molecular complexity index is 1320. The molecule has 0 aliphatic carbocycles. The van der Waals surface area contributed by atoms with Gasteiger partial charge < -0.3 is 10.6 Å². The summed E-state index contributed by atoms with van der Waals surface area (Å²) in [5.41, 5.74) is 1.64. The zero-order valence-corrected chi connectivity index (χ0v) is 16.4. The van der Waals surface area contributed by atoms with Gasteiger partial charge in [-0.05, 0) is 48.9 Å². The van der Waals surface area contributed by atoms with E-state index in [-0.39, 0.29) is 10.8 Å². The van der Waals surface area contributed by atoms with Crippen molar-refractivity contribution in [1.82, 2.24) is 20.2 Å². The summed E-state index contributed by atoms with van der Waals surface area (Å²) in [5.74, 6) is 0.746. The second-order valence-corrected chi connectivity index (χ2v) is 8.57. The van der Waals surface area contributed by atoms with Crippen molar-refractivity contribution in [3.8, 4) is 0 Å². The zero-order valence-electron chi connectivity index (χ0n) is 15.6. The van der Waals surface area contributed by atoms with E-state index in [0.29, 0.717) is 28.2 Å². The third-order valence-electron chi connectivity index (χ3n) is 4.19. The molecule has 0 radical (unpaired) electrons. The fourth-order valence-electron chi connectivity index (χ4n) is 2.88. The minimum atomic E-state index is -3.34. The van der Waals surface area contributed by atoms with Crippen LogP contribution in [0.2, 0.25) is 0 Å². The van der Waals surface area contributed by atoms with E-state index in [2.05, 4.69) is 30.8 Å². The predicted molar refractivity (Wildman–Crippen MR) is 109 cm³/mol. The molecule has 0 atom stereocenters. The monoisotopic (exact) mass is 412 g/mol. The number of nitrogens with zero attached hydrogens (tertiary/aromatic N) is 3. The SMILES string of the molecule is Cc1cc(Nc2nccc(Nc3n[nH]c4c(F)cccc34)n2)cc(S(C)(=O)=O)c1. The quantitative estimate of drug-likeness (QED) is 0.458. The number of nitrogens with one attached hydrogen (secondary N) is 3. The summed E-state index contributed by atoms with van der Waals surface area (Å²) >= 11 is 0. The fraction of sp³-hybridized carbons (Fsp3) is 0.105. The van der Waals surface area contributed by atoms with Gasteiger partial charge in [-0.25, -0.2) is 17.8 Å². The molecule has 4 rings (SSSR count). The van der Waals surface area contributed by atoms with E-state index in [1.54, 1.807) is 43.5 Å². The summed E-state index contributed by atoms with van der Waals surface area (Å²) in [4.78, 5) is 8.73. The van der Waals surface area contributed by atoms with E-state index in [0.717, 1.165) is 11.8 Å². The van der Waals surface area contributed by atoms with Crippen molar-refractivity contribution < 1.29 is 12.8 Å². The number of anilines is 4. The maximum atomic E-state index is 13.8. The number of rotatable bonds is 5. The van der Waals surface area contributed by atoms with Crippen LogP contribution in [0.25, 0.3) is 10.9 Å². The molecule has 0 fully saturated rings. The van der Waals surface area contributed by atoms with Crippen LogP contribution in [0.4, 0.5) is 27.7 Å². The Morgan fingerprint density at radius 2 is 1.93 bits per heavy atom. The number of halogens is 1. The van der Waals surface area contributed by atoms with Crippen LogP contribution in [0.15, 0.2) is 53.6 Å². The van der Waals surface area contributed by atoms with Gasteiger partial charge in [0, 0.05) is 23.5 Å². The van der Waals surface area contributed by atoms with Gasteiger partial charge >= 0.3 is 0 Å². The van der Waals surface area contributed by atoms with Gasteiger partial charge in [0.25, 0.3) is 0 Å². The van der Waals surface area contributed by atoms with Gasteiger partial charge in [-0.15, -0.1) is 0 Å². The van der Waals surface area contributed by atoms with Crippen LogP contribution in [-0.4, -0.2) is 34.8 Å². The Labute approximate surface area is 166 Å². The highest BCUT2D eigenvalue weighted by Crippen LogP contribution is 2.26. The molecule has 2 aromatic heterocycles. The smallest absolute Gasteiger partial charge is 0.229 e. The number of H-pyrrole nitrogens is 1. The standard InChI is InChI=1S/C19H17FN6O2S/c1-11-8-12(10-13(9-11)29(2,27)28)22-19-21-7-6-16(24-19)23-18-14-4-3-5-15(20)17(14)25-26-18/h3-10H,1-2H3,(H3,21,22,23,24,25,26). The maximum absolute atomic E-state index is 13.8. The Balaban J connectivity index is 1.61. The minimum absolute atomic E-state index is 0.208. The minimum Gasteiger partial charge on any atom is -0.324 e. The summed E-state index contributed by atoms with van der Waals surface area (Å²) in [6, 6.07) is 11.2. The van der Waals surface area contributed by atoms with Crippen molar-refractivity contribution in [2.24, 2.45) is 0 Å². The Morgan fingerprint density at radius 3 is 2.72 bits per heavy atom. The first kappa shape index (κ1) is 18.8. The largest absolute Gasteiger partial charge is 0.324 e. The van der Waals surface area contributed by atoms with E-state index in [9.17, 15) is 12.8 Å². The highest BCUT2D eigenvalue weighted by molar-refractivity contribution is 7.90. The summed E-state index contributed by atoms with van der Waals surface area (Å²) in [6.45, 7) is 1.81. The molecule has 0 amide bonds. The molecular weight excluding hydrogens is 395 g/mol. The lowest BCUT2D eigenvalue weighted by atomic mass is 10.2. The van der Waals surface area contributed by atoms with Crippen LogP contribution in [0.1, 0.15) is 5.56 Å². The first-order chi connectivity index (χ1) is 13.8. The lowest BCUT2D eigenvalue weighted by Crippen LogP contribution is -2.03. The second kappa shape index (κ2) is 7.13. The number of para-hydroxylation sites is 1. The van der Waals surface area contributed by atoms with Crippen molar-refractivity contribution >= 4 is 44.0 Å². The number of hydrogen-bond donors (Lipinski definition) is 3. The lowest BCUT2D eigenvalue weighted by molar-refractivity contribution is 0.602. The predicted octanol–water partition coefficient (Wildman–Crippen LogP) is 3.69. The van der Waals surface area contributed by atoms with Crippen molar-refractivity contribution in [2.75, 3.05) is 16.9 Å². The number of sulfone groups is 1. The summed E-state index contributed by atoms with van der Waals surface area (Å²) in [6.07, 6.45) is 2.70. The number of aryl methyl sites for hydroxylation is 1. The lowest BCUT2D eigenvalue weighted by Gasteiger charge is -2.09. The van der Waals surface area contributed by atoms with Gasteiger partial charge in [-0.3, -0.25) is 5.10 Å². The number of aromatic amines is 1. The zero-order chi connectivity index (χ0) is 20.6. The first-order valence-electron chi connectivity index (χ1n) is 8.61. The van der Waals surface area contributed by atoms with Crippen LogP contribution in [0, 0.1) is 12.7 Å². The van der Waals surface area contributed by atoms with Gasteiger partial charge in [-0.2, -0.15) is 10.1 Å². The molecule has 29 heavy (non-hydrogen) atoms. The molecule has 2 heterocycles. The number of aromatic nitrogens is 4. The molecule has 0 aliphatic heterocycles. The third-order valence-corrected chi connectivity index (χ3v) is 5.28. The molecule has 8 nitrogen and oxygen atoms in total. The number of fused-ring (bicyclic) bond motifs is 1. The average Bonchev–Trinajstić information content (AvgIpc) is 3.05. The topological polar surface area (TPSA) is 113 Å². The van der Waals surface area contributed by atoms with E-state index in [1.165, 1.54) is 12.1 Å². The van der Waals surface area contributed by atoms with Crippen LogP contribution < -0.4 is 10.6 Å². The summed E-state index contributed by atoms with van der Waals surface area (Å²) < 4.78 is 37.5. The van der Waals surface area contributed by atoms with E-state index in [4.69, 9.17) is 0 Å². The van der Waals surface area contributed by atoms with E-state index in [1.807, 2.05) is 0 Å². The average molecular weight is 412 g/mol.